The summed E-state index contributed by atoms with van der Waals surface area (Å²) in [5.41, 5.74) is 1.87. The number of benzene rings is 3. The molecule has 0 unspecified atom stereocenters. The highest BCUT2D eigenvalue weighted by atomic mass is 32.2. The topological polar surface area (TPSA) is 86.8 Å². The summed E-state index contributed by atoms with van der Waals surface area (Å²) in [7, 11) is -4.11. The molecule has 202 valence electrons. The number of halogens is 1. The Morgan fingerprint density at radius 1 is 0.921 bits per heavy atom. The number of hydrogen-bond donors (Lipinski definition) is 1. The summed E-state index contributed by atoms with van der Waals surface area (Å²) in [5.74, 6) is -1.35. The van der Waals surface area contributed by atoms with E-state index in [4.69, 9.17) is 0 Å². The van der Waals surface area contributed by atoms with Crippen LogP contribution in [0.4, 0.5) is 10.1 Å². The first-order chi connectivity index (χ1) is 18.0. The van der Waals surface area contributed by atoms with Crippen molar-refractivity contribution >= 4 is 27.5 Å². The molecular formula is C29H34FN3O4S. The maximum atomic E-state index is 13.8. The van der Waals surface area contributed by atoms with Crippen molar-refractivity contribution in [2.75, 3.05) is 10.8 Å². The molecule has 0 bridgehead atoms. The number of rotatable bonds is 11. The molecular weight excluding hydrogens is 505 g/mol. The number of sulfonamides is 1. The minimum absolute atomic E-state index is 0.00132. The average molecular weight is 540 g/mol. The van der Waals surface area contributed by atoms with Crippen molar-refractivity contribution in [3.8, 4) is 0 Å². The number of carbonyl (C=O) groups excluding carboxylic acids is 2. The molecule has 0 saturated heterocycles. The summed E-state index contributed by atoms with van der Waals surface area (Å²) in [4.78, 5) is 28.2. The molecule has 0 heterocycles. The van der Waals surface area contributed by atoms with Gasteiger partial charge in [0.15, 0.2) is 0 Å². The summed E-state index contributed by atoms with van der Waals surface area (Å²) in [6.07, 6.45) is 0.709. The maximum Gasteiger partial charge on any atom is 0.264 e. The molecule has 2 atom stereocenters. The lowest BCUT2D eigenvalue weighted by Gasteiger charge is -2.32. The van der Waals surface area contributed by atoms with E-state index in [1.54, 1.807) is 49.4 Å². The molecule has 0 saturated carbocycles. The predicted octanol–water partition coefficient (Wildman–Crippen LogP) is 4.66. The van der Waals surface area contributed by atoms with Gasteiger partial charge in [0.05, 0.1) is 10.6 Å². The molecule has 3 rings (SSSR count). The van der Waals surface area contributed by atoms with E-state index in [1.807, 2.05) is 20.8 Å². The Labute approximate surface area is 224 Å². The fraction of sp³-hybridized carbons (Fsp3) is 0.310. The second-order valence-corrected chi connectivity index (χ2v) is 11.2. The highest BCUT2D eigenvalue weighted by Gasteiger charge is 2.32. The molecule has 0 fully saturated rings. The summed E-state index contributed by atoms with van der Waals surface area (Å²) >= 11 is 0. The minimum atomic E-state index is -4.11. The third-order valence-electron chi connectivity index (χ3n) is 6.37. The lowest BCUT2D eigenvalue weighted by Crippen LogP contribution is -2.52. The molecule has 3 aromatic rings. The largest absolute Gasteiger partial charge is 0.352 e. The van der Waals surface area contributed by atoms with E-state index in [2.05, 4.69) is 5.32 Å². The number of aryl methyl sites for hydroxylation is 1. The number of hydrogen-bond acceptors (Lipinski definition) is 4. The molecule has 0 radical (unpaired) electrons. The van der Waals surface area contributed by atoms with Gasteiger partial charge in [0, 0.05) is 12.6 Å². The molecule has 0 aliphatic rings. The van der Waals surface area contributed by atoms with Gasteiger partial charge in [-0.25, -0.2) is 12.8 Å². The highest BCUT2D eigenvalue weighted by Crippen LogP contribution is 2.25. The van der Waals surface area contributed by atoms with Crippen molar-refractivity contribution in [1.82, 2.24) is 10.2 Å². The van der Waals surface area contributed by atoms with Crippen LogP contribution in [-0.4, -0.2) is 43.8 Å². The summed E-state index contributed by atoms with van der Waals surface area (Å²) in [6, 6.07) is 19.3. The van der Waals surface area contributed by atoms with Crippen molar-refractivity contribution in [3.05, 3.63) is 95.8 Å². The number of amides is 2. The maximum absolute atomic E-state index is 13.8. The molecule has 38 heavy (non-hydrogen) atoms. The molecule has 0 spiro atoms. The van der Waals surface area contributed by atoms with Crippen molar-refractivity contribution in [3.63, 3.8) is 0 Å². The van der Waals surface area contributed by atoms with Gasteiger partial charge in [-0.3, -0.25) is 13.9 Å². The monoisotopic (exact) mass is 539 g/mol. The van der Waals surface area contributed by atoms with Gasteiger partial charge in [-0.1, -0.05) is 55.0 Å². The highest BCUT2D eigenvalue weighted by molar-refractivity contribution is 7.92. The van der Waals surface area contributed by atoms with Gasteiger partial charge in [0.1, 0.15) is 18.4 Å². The summed E-state index contributed by atoms with van der Waals surface area (Å²) in [5, 5.41) is 2.88. The second kappa shape index (κ2) is 12.7. The van der Waals surface area contributed by atoms with Gasteiger partial charge >= 0.3 is 0 Å². The number of carbonyl (C=O) groups is 2. The van der Waals surface area contributed by atoms with Gasteiger partial charge < -0.3 is 10.2 Å². The van der Waals surface area contributed by atoms with Crippen LogP contribution >= 0.6 is 0 Å². The Kier molecular flexibility index (Phi) is 9.63. The predicted molar refractivity (Wildman–Crippen MR) is 146 cm³/mol. The van der Waals surface area contributed by atoms with E-state index in [-0.39, 0.29) is 23.4 Å². The second-order valence-electron chi connectivity index (χ2n) is 9.30. The van der Waals surface area contributed by atoms with Crippen molar-refractivity contribution in [2.24, 2.45) is 0 Å². The molecule has 2 amide bonds. The van der Waals surface area contributed by atoms with Crippen molar-refractivity contribution in [2.45, 2.75) is 57.6 Å². The standard InChI is InChI=1S/C29H34FN3O4S/c1-5-22(3)31-29(35)23(4)32(19-24-13-15-25(30)16-14-24)28(34)20-33(26-17-11-21(2)12-18-26)38(36,37)27-9-7-6-8-10-27/h6-18,22-23H,5,19-20H2,1-4H3,(H,31,35)/t22-,23+/m1/s1. The smallest absolute Gasteiger partial charge is 0.264 e. The first kappa shape index (κ1) is 28.8. The van der Waals surface area contributed by atoms with E-state index >= 15 is 0 Å². The van der Waals surface area contributed by atoms with Gasteiger partial charge in [-0.2, -0.15) is 0 Å². The van der Waals surface area contributed by atoms with Crippen LogP contribution in [-0.2, 0) is 26.2 Å². The van der Waals surface area contributed by atoms with Crippen molar-refractivity contribution < 1.29 is 22.4 Å². The van der Waals surface area contributed by atoms with Gasteiger partial charge in [-0.05, 0) is 69.2 Å². The zero-order chi connectivity index (χ0) is 27.9. The Hall–Kier alpha value is -3.72. The molecule has 9 heteroatoms. The zero-order valence-corrected chi connectivity index (χ0v) is 22.9. The van der Waals surface area contributed by atoms with Crippen molar-refractivity contribution in [1.29, 1.82) is 0 Å². The third-order valence-corrected chi connectivity index (χ3v) is 8.15. The average Bonchev–Trinajstić information content (AvgIpc) is 2.91. The molecule has 3 aromatic carbocycles. The van der Waals surface area contributed by atoms with Crippen LogP contribution in [0.3, 0.4) is 0 Å². The molecule has 0 aliphatic heterocycles. The first-order valence-corrected chi connectivity index (χ1v) is 14.0. The van der Waals surface area contributed by atoms with Crippen LogP contribution in [0.1, 0.15) is 38.3 Å². The summed E-state index contributed by atoms with van der Waals surface area (Å²) < 4.78 is 42.0. The van der Waals surface area contributed by atoms with E-state index in [0.717, 1.165) is 9.87 Å². The Bertz CT molecular complexity index is 1330. The van der Waals surface area contributed by atoms with Crippen LogP contribution in [0, 0.1) is 12.7 Å². The Balaban J connectivity index is 2.00. The lowest BCUT2D eigenvalue weighted by atomic mass is 10.1. The lowest BCUT2D eigenvalue weighted by molar-refractivity contribution is -0.139. The molecule has 0 aromatic heterocycles. The van der Waals surface area contributed by atoms with E-state index in [0.29, 0.717) is 17.7 Å². The van der Waals surface area contributed by atoms with Crippen LogP contribution in [0.2, 0.25) is 0 Å². The van der Waals surface area contributed by atoms with Gasteiger partial charge in [-0.15, -0.1) is 0 Å². The van der Waals surface area contributed by atoms with Gasteiger partial charge in [0.2, 0.25) is 11.8 Å². The Morgan fingerprint density at radius 3 is 2.11 bits per heavy atom. The molecule has 1 N–H and O–H groups in total. The SMILES string of the molecule is CC[C@@H](C)NC(=O)[C@H](C)N(Cc1ccc(F)cc1)C(=O)CN(c1ccc(C)cc1)S(=O)(=O)c1ccccc1. The molecule has 0 aliphatic carbocycles. The van der Waals surface area contributed by atoms with Crippen LogP contribution in [0.25, 0.3) is 0 Å². The van der Waals surface area contributed by atoms with Crippen LogP contribution < -0.4 is 9.62 Å². The zero-order valence-electron chi connectivity index (χ0n) is 22.1. The van der Waals surface area contributed by atoms with Gasteiger partial charge in [0.25, 0.3) is 10.0 Å². The summed E-state index contributed by atoms with van der Waals surface area (Å²) in [6.45, 7) is 6.76. The molecule has 7 nitrogen and oxygen atoms in total. The number of nitrogens with one attached hydrogen (secondary N) is 1. The van der Waals surface area contributed by atoms with Crippen LogP contribution in [0.15, 0.2) is 83.8 Å². The van der Waals surface area contributed by atoms with E-state index < -0.39 is 34.3 Å². The van der Waals surface area contributed by atoms with E-state index in [1.165, 1.54) is 41.3 Å². The fourth-order valence-electron chi connectivity index (χ4n) is 3.79. The van der Waals surface area contributed by atoms with E-state index in [9.17, 15) is 22.4 Å². The first-order valence-electron chi connectivity index (χ1n) is 12.5. The quantitative estimate of drug-likeness (QED) is 0.384. The number of nitrogens with zero attached hydrogens (tertiary/aromatic N) is 2. The normalized spacial score (nSPS) is 12.9. The van der Waals surface area contributed by atoms with Crippen LogP contribution in [0.5, 0.6) is 0 Å². The third kappa shape index (κ3) is 7.19. The minimum Gasteiger partial charge on any atom is -0.352 e. The fourth-order valence-corrected chi connectivity index (χ4v) is 5.23. The number of anilines is 1. The Morgan fingerprint density at radius 2 is 1.53 bits per heavy atom.